The Morgan fingerprint density at radius 1 is 0.923 bits per heavy atom. The first-order chi connectivity index (χ1) is 12.5. The quantitative estimate of drug-likeness (QED) is 0.635. The summed E-state index contributed by atoms with van der Waals surface area (Å²) in [4.78, 5) is 34.6. The van der Waals surface area contributed by atoms with Crippen molar-refractivity contribution in [3.05, 3.63) is 58.6 Å². The van der Waals surface area contributed by atoms with Crippen molar-refractivity contribution in [3.63, 3.8) is 0 Å². The second-order valence-electron chi connectivity index (χ2n) is 5.26. The van der Waals surface area contributed by atoms with Gasteiger partial charge in [-0.05, 0) is 48.0 Å². The summed E-state index contributed by atoms with van der Waals surface area (Å²) < 4.78 is 11.1. The number of ether oxygens (including phenoxy) is 2. The van der Waals surface area contributed by atoms with E-state index in [0.29, 0.717) is 27.8 Å². The van der Waals surface area contributed by atoms with Gasteiger partial charge in [0.25, 0.3) is 11.8 Å². The molecule has 1 aliphatic heterocycles. The molecule has 3 rings (SSSR count). The Labute approximate surface area is 153 Å². The molecule has 8 heteroatoms. The van der Waals surface area contributed by atoms with Gasteiger partial charge in [-0.25, -0.2) is 4.79 Å². The molecule has 1 saturated heterocycles. The van der Waals surface area contributed by atoms with Crippen molar-refractivity contribution in [2.75, 3.05) is 7.11 Å². The van der Waals surface area contributed by atoms with E-state index in [9.17, 15) is 14.4 Å². The number of nitrogens with one attached hydrogen (secondary N) is 2. The molecule has 7 nitrogen and oxygen atoms in total. The van der Waals surface area contributed by atoms with Crippen LogP contribution in [-0.2, 0) is 9.59 Å². The van der Waals surface area contributed by atoms with Crippen LogP contribution in [0.3, 0.4) is 0 Å². The normalized spacial score (nSPS) is 13.8. The van der Waals surface area contributed by atoms with Crippen LogP contribution in [0.1, 0.15) is 5.56 Å². The fraction of sp³-hybridized carbons (Fsp3) is 0.0556. The third-order valence-corrected chi connectivity index (χ3v) is 3.74. The zero-order valence-corrected chi connectivity index (χ0v) is 14.3. The molecule has 2 aromatic carbocycles. The molecule has 132 valence electrons. The summed E-state index contributed by atoms with van der Waals surface area (Å²) in [6.07, 6.45) is 1.35. The van der Waals surface area contributed by atoms with Crippen LogP contribution < -0.4 is 20.1 Å². The molecule has 0 aromatic heterocycles. The predicted octanol–water partition coefficient (Wildman–Crippen LogP) is 2.89. The topological polar surface area (TPSA) is 93.7 Å². The molecule has 1 heterocycles. The zero-order chi connectivity index (χ0) is 18.7. The first-order valence-electron chi connectivity index (χ1n) is 7.46. The molecule has 0 unspecified atom stereocenters. The standard InChI is InChI=1S/C18H13ClN2O5/c1-25-15-9-10(8-13-16(22)20-18(24)21-17(13)23)2-7-14(15)26-12-5-3-11(19)4-6-12/h2-9H,1H3,(H2,20,21,22,23,24). The van der Waals surface area contributed by atoms with Gasteiger partial charge in [-0.1, -0.05) is 17.7 Å². The predicted molar refractivity (Wildman–Crippen MR) is 94.2 cm³/mol. The molecule has 1 fully saturated rings. The van der Waals surface area contributed by atoms with Crippen LogP contribution in [0.2, 0.25) is 5.02 Å². The summed E-state index contributed by atoms with van der Waals surface area (Å²) in [6, 6.07) is 10.9. The molecule has 0 atom stereocenters. The Bertz CT molecular complexity index is 900. The summed E-state index contributed by atoms with van der Waals surface area (Å²) in [5, 5.41) is 4.62. The number of barbiturate groups is 1. The van der Waals surface area contributed by atoms with Crippen LogP contribution in [0.4, 0.5) is 4.79 Å². The van der Waals surface area contributed by atoms with Gasteiger partial charge in [0.15, 0.2) is 11.5 Å². The number of hydrogen-bond acceptors (Lipinski definition) is 5. The van der Waals surface area contributed by atoms with Crippen molar-refractivity contribution in [2.24, 2.45) is 0 Å². The molecule has 1 aliphatic rings. The number of carbonyl (C=O) groups is 3. The monoisotopic (exact) mass is 372 g/mol. The van der Waals surface area contributed by atoms with E-state index >= 15 is 0 Å². The lowest BCUT2D eigenvalue weighted by molar-refractivity contribution is -0.123. The number of halogens is 1. The highest BCUT2D eigenvalue weighted by Crippen LogP contribution is 2.33. The molecule has 0 saturated carbocycles. The second kappa shape index (κ2) is 7.28. The van der Waals surface area contributed by atoms with Crippen LogP contribution in [-0.4, -0.2) is 25.0 Å². The molecule has 0 aliphatic carbocycles. The number of urea groups is 1. The maximum atomic E-state index is 11.8. The smallest absolute Gasteiger partial charge is 0.328 e. The van der Waals surface area contributed by atoms with Crippen molar-refractivity contribution in [1.82, 2.24) is 10.6 Å². The number of benzene rings is 2. The molecule has 0 radical (unpaired) electrons. The summed E-state index contributed by atoms with van der Waals surface area (Å²) in [5.74, 6) is -0.103. The second-order valence-corrected chi connectivity index (χ2v) is 5.70. The highest BCUT2D eigenvalue weighted by Gasteiger charge is 2.27. The Kier molecular flexibility index (Phi) is 4.90. The molecule has 26 heavy (non-hydrogen) atoms. The fourth-order valence-corrected chi connectivity index (χ4v) is 2.39. The minimum Gasteiger partial charge on any atom is -0.493 e. The van der Waals surface area contributed by atoms with Gasteiger partial charge >= 0.3 is 6.03 Å². The van der Waals surface area contributed by atoms with Gasteiger partial charge in [-0.3, -0.25) is 20.2 Å². The molecular weight excluding hydrogens is 360 g/mol. The molecule has 2 N–H and O–H groups in total. The summed E-state index contributed by atoms with van der Waals surface area (Å²) in [7, 11) is 1.47. The molecule has 0 spiro atoms. The molecule has 2 aromatic rings. The van der Waals surface area contributed by atoms with Gasteiger partial charge in [0, 0.05) is 5.02 Å². The van der Waals surface area contributed by atoms with Gasteiger partial charge in [0.05, 0.1) is 7.11 Å². The van der Waals surface area contributed by atoms with Gasteiger partial charge < -0.3 is 9.47 Å². The molecular formula is C18H13ClN2O5. The van der Waals surface area contributed by atoms with Crippen molar-refractivity contribution in [2.45, 2.75) is 0 Å². The van der Waals surface area contributed by atoms with Gasteiger partial charge in [0.1, 0.15) is 11.3 Å². The van der Waals surface area contributed by atoms with Crippen LogP contribution in [0.15, 0.2) is 48.0 Å². The lowest BCUT2D eigenvalue weighted by Gasteiger charge is -2.14. The van der Waals surface area contributed by atoms with Crippen LogP contribution in [0.5, 0.6) is 17.2 Å². The highest BCUT2D eigenvalue weighted by atomic mass is 35.5. The number of rotatable bonds is 4. The van der Waals surface area contributed by atoms with Crippen molar-refractivity contribution in [3.8, 4) is 17.2 Å². The number of carbonyl (C=O) groups excluding carboxylic acids is 3. The number of hydrogen-bond donors (Lipinski definition) is 2. The minimum atomic E-state index is -0.846. The summed E-state index contributed by atoms with van der Waals surface area (Å²) >= 11 is 5.85. The van der Waals surface area contributed by atoms with E-state index in [-0.39, 0.29) is 5.57 Å². The fourth-order valence-electron chi connectivity index (χ4n) is 2.26. The van der Waals surface area contributed by atoms with E-state index in [4.69, 9.17) is 21.1 Å². The minimum absolute atomic E-state index is 0.182. The van der Waals surface area contributed by atoms with Crippen LogP contribution in [0.25, 0.3) is 6.08 Å². The summed E-state index contributed by atoms with van der Waals surface area (Å²) in [5.41, 5.74) is 0.345. The van der Waals surface area contributed by atoms with Crippen LogP contribution in [0, 0.1) is 0 Å². The van der Waals surface area contributed by atoms with Crippen molar-refractivity contribution in [1.29, 1.82) is 0 Å². The van der Waals surface area contributed by atoms with E-state index in [1.807, 2.05) is 10.6 Å². The number of amides is 4. The van der Waals surface area contributed by atoms with E-state index in [1.54, 1.807) is 42.5 Å². The zero-order valence-electron chi connectivity index (χ0n) is 13.5. The highest BCUT2D eigenvalue weighted by molar-refractivity contribution is 6.31. The average molecular weight is 373 g/mol. The molecule has 4 amide bonds. The average Bonchev–Trinajstić information content (AvgIpc) is 2.61. The first-order valence-corrected chi connectivity index (χ1v) is 7.84. The summed E-state index contributed by atoms with van der Waals surface area (Å²) in [6.45, 7) is 0. The lowest BCUT2D eigenvalue weighted by Crippen LogP contribution is -2.51. The Balaban J connectivity index is 1.88. The third kappa shape index (κ3) is 3.84. The number of imide groups is 2. The van der Waals surface area contributed by atoms with Crippen molar-refractivity contribution >= 4 is 35.5 Å². The third-order valence-electron chi connectivity index (χ3n) is 3.48. The van der Waals surface area contributed by atoms with Crippen molar-refractivity contribution < 1.29 is 23.9 Å². The largest absolute Gasteiger partial charge is 0.493 e. The SMILES string of the molecule is COc1cc(C=C2C(=O)NC(=O)NC2=O)ccc1Oc1ccc(Cl)cc1. The Morgan fingerprint density at radius 2 is 1.58 bits per heavy atom. The van der Waals surface area contributed by atoms with Gasteiger partial charge in [-0.15, -0.1) is 0 Å². The lowest BCUT2D eigenvalue weighted by atomic mass is 10.1. The maximum Gasteiger partial charge on any atom is 0.328 e. The first kappa shape index (κ1) is 17.5. The van der Waals surface area contributed by atoms with E-state index in [2.05, 4.69) is 0 Å². The Hall–Kier alpha value is -3.32. The van der Waals surface area contributed by atoms with E-state index < -0.39 is 17.8 Å². The van der Waals surface area contributed by atoms with Crippen LogP contribution >= 0.6 is 11.6 Å². The van der Waals surface area contributed by atoms with Gasteiger partial charge in [0.2, 0.25) is 0 Å². The van der Waals surface area contributed by atoms with E-state index in [1.165, 1.54) is 13.2 Å². The maximum absolute atomic E-state index is 11.8. The van der Waals surface area contributed by atoms with E-state index in [0.717, 1.165) is 0 Å². The molecule has 0 bridgehead atoms. The van der Waals surface area contributed by atoms with Gasteiger partial charge in [-0.2, -0.15) is 0 Å². The number of methoxy groups -OCH3 is 1. The Morgan fingerprint density at radius 3 is 2.19 bits per heavy atom.